The number of aryl methyl sites for hydroxylation is 1. The van der Waals surface area contributed by atoms with Crippen LogP contribution in [0.25, 0.3) is 10.8 Å². The molecular formula is C13H15NO. The third kappa shape index (κ3) is 1.89. The number of phenolic OH excluding ortho intramolecular Hbond substituents is 1. The number of fused-ring (bicyclic) bond motifs is 1. The highest BCUT2D eigenvalue weighted by Gasteiger charge is 2.02. The zero-order valence-corrected chi connectivity index (χ0v) is 8.83. The van der Waals surface area contributed by atoms with E-state index < -0.39 is 0 Å². The Balaban J connectivity index is 2.62. The van der Waals surface area contributed by atoms with E-state index in [9.17, 15) is 5.11 Å². The van der Waals surface area contributed by atoms with Crippen molar-refractivity contribution in [3.05, 3.63) is 35.9 Å². The SMILES string of the molecule is CCCc1cc(N)c2cc(O)ccc2c1. The van der Waals surface area contributed by atoms with E-state index in [1.165, 1.54) is 5.56 Å². The molecule has 78 valence electrons. The fourth-order valence-electron chi connectivity index (χ4n) is 1.87. The molecule has 3 N–H and O–H groups in total. The summed E-state index contributed by atoms with van der Waals surface area (Å²) >= 11 is 0. The van der Waals surface area contributed by atoms with Crippen molar-refractivity contribution in [2.75, 3.05) is 5.73 Å². The maximum absolute atomic E-state index is 9.37. The molecule has 0 heterocycles. The Hall–Kier alpha value is -1.70. The molecule has 0 saturated carbocycles. The summed E-state index contributed by atoms with van der Waals surface area (Å²) in [4.78, 5) is 0. The second-order valence-corrected chi connectivity index (χ2v) is 3.84. The van der Waals surface area contributed by atoms with Gasteiger partial charge in [-0.05, 0) is 35.6 Å². The van der Waals surface area contributed by atoms with Gasteiger partial charge < -0.3 is 10.8 Å². The normalized spacial score (nSPS) is 10.7. The molecule has 0 aliphatic carbocycles. The third-order valence-corrected chi connectivity index (χ3v) is 2.57. The van der Waals surface area contributed by atoms with Crippen molar-refractivity contribution in [2.24, 2.45) is 0 Å². The van der Waals surface area contributed by atoms with Crippen LogP contribution in [0.15, 0.2) is 30.3 Å². The molecule has 2 aromatic carbocycles. The highest BCUT2D eigenvalue weighted by molar-refractivity contribution is 5.94. The maximum Gasteiger partial charge on any atom is 0.116 e. The molecule has 2 rings (SSSR count). The summed E-state index contributed by atoms with van der Waals surface area (Å²) in [5, 5.41) is 11.4. The van der Waals surface area contributed by atoms with Crippen LogP contribution in [0.5, 0.6) is 5.75 Å². The predicted molar refractivity (Wildman–Crippen MR) is 64.0 cm³/mol. The number of nitrogen functional groups attached to an aromatic ring is 1. The molecule has 15 heavy (non-hydrogen) atoms. The summed E-state index contributed by atoms with van der Waals surface area (Å²) in [5.41, 5.74) is 7.95. The lowest BCUT2D eigenvalue weighted by Gasteiger charge is -2.06. The molecule has 2 aromatic rings. The Morgan fingerprint density at radius 2 is 2.00 bits per heavy atom. The average molecular weight is 201 g/mol. The topological polar surface area (TPSA) is 46.2 Å². The van der Waals surface area contributed by atoms with Gasteiger partial charge in [0.2, 0.25) is 0 Å². The summed E-state index contributed by atoms with van der Waals surface area (Å²) in [7, 11) is 0. The number of nitrogens with two attached hydrogens (primary N) is 1. The van der Waals surface area contributed by atoms with Crippen LogP contribution in [0, 0.1) is 0 Å². The molecule has 2 nitrogen and oxygen atoms in total. The summed E-state index contributed by atoms with van der Waals surface area (Å²) in [6.07, 6.45) is 2.16. The van der Waals surface area contributed by atoms with E-state index in [0.717, 1.165) is 29.3 Å². The second-order valence-electron chi connectivity index (χ2n) is 3.84. The van der Waals surface area contributed by atoms with E-state index in [-0.39, 0.29) is 5.75 Å². The van der Waals surface area contributed by atoms with Gasteiger partial charge in [-0.25, -0.2) is 0 Å². The van der Waals surface area contributed by atoms with Gasteiger partial charge in [0.15, 0.2) is 0 Å². The Labute approximate surface area is 89.3 Å². The number of aromatic hydroxyl groups is 1. The molecule has 0 aromatic heterocycles. The van der Waals surface area contributed by atoms with E-state index in [4.69, 9.17) is 5.73 Å². The van der Waals surface area contributed by atoms with Gasteiger partial charge in [-0.2, -0.15) is 0 Å². The van der Waals surface area contributed by atoms with E-state index >= 15 is 0 Å². The first-order valence-corrected chi connectivity index (χ1v) is 5.22. The van der Waals surface area contributed by atoms with Gasteiger partial charge in [-0.1, -0.05) is 25.5 Å². The van der Waals surface area contributed by atoms with Crippen LogP contribution in [0.2, 0.25) is 0 Å². The van der Waals surface area contributed by atoms with Crippen molar-refractivity contribution in [3.63, 3.8) is 0 Å². The lowest BCUT2D eigenvalue weighted by Crippen LogP contribution is -1.91. The Kier molecular flexibility index (Phi) is 2.50. The fourth-order valence-corrected chi connectivity index (χ4v) is 1.87. The van der Waals surface area contributed by atoms with Gasteiger partial charge >= 0.3 is 0 Å². The van der Waals surface area contributed by atoms with Gasteiger partial charge in [0.1, 0.15) is 5.75 Å². The first-order valence-electron chi connectivity index (χ1n) is 5.22. The predicted octanol–water partition coefficient (Wildman–Crippen LogP) is 3.08. The minimum atomic E-state index is 0.262. The molecule has 0 bridgehead atoms. The second kappa shape index (κ2) is 3.81. The minimum absolute atomic E-state index is 0.262. The van der Waals surface area contributed by atoms with Crippen LogP contribution in [0.3, 0.4) is 0 Å². The van der Waals surface area contributed by atoms with E-state index in [1.807, 2.05) is 12.1 Å². The molecule has 0 radical (unpaired) electrons. The van der Waals surface area contributed by atoms with Crippen molar-refractivity contribution in [1.82, 2.24) is 0 Å². The molecule has 0 amide bonds. The molecule has 0 saturated heterocycles. The number of hydrogen-bond acceptors (Lipinski definition) is 2. The summed E-state index contributed by atoms with van der Waals surface area (Å²) in [6.45, 7) is 2.15. The zero-order valence-electron chi connectivity index (χ0n) is 8.83. The number of anilines is 1. The van der Waals surface area contributed by atoms with Crippen molar-refractivity contribution >= 4 is 16.5 Å². The first-order chi connectivity index (χ1) is 7.20. The smallest absolute Gasteiger partial charge is 0.116 e. The zero-order chi connectivity index (χ0) is 10.8. The summed E-state index contributed by atoms with van der Waals surface area (Å²) in [6, 6.07) is 9.43. The molecule has 0 aliphatic heterocycles. The maximum atomic E-state index is 9.37. The molecule has 0 atom stereocenters. The Morgan fingerprint density at radius 1 is 1.20 bits per heavy atom. The molecular weight excluding hydrogens is 186 g/mol. The van der Waals surface area contributed by atoms with Crippen molar-refractivity contribution in [1.29, 1.82) is 0 Å². The van der Waals surface area contributed by atoms with Crippen LogP contribution >= 0.6 is 0 Å². The number of rotatable bonds is 2. The van der Waals surface area contributed by atoms with Gasteiger partial charge in [0, 0.05) is 11.1 Å². The average Bonchev–Trinajstić information content (AvgIpc) is 2.20. The first kappa shape index (κ1) is 9.84. The van der Waals surface area contributed by atoms with Crippen LogP contribution in [-0.2, 0) is 6.42 Å². The summed E-state index contributed by atoms with van der Waals surface area (Å²) in [5.74, 6) is 0.262. The van der Waals surface area contributed by atoms with Crippen LogP contribution < -0.4 is 5.73 Å². The lowest BCUT2D eigenvalue weighted by molar-refractivity contribution is 0.476. The van der Waals surface area contributed by atoms with Gasteiger partial charge in [-0.15, -0.1) is 0 Å². The molecule has 0 fully saturated rings. The van der Waals surface area contributed by atoms with Gasteiger partial charge in [-0.3, -0.25) is 0 Å². The van der Waals surface area contributed by atoms with Gasteiger partial charge in [0.25, 0.3) is 0 Å². The number of hydrogen-bond donors (Lipinski definition) is 2. The van der Waals surface area contributed by atoms with Crippen LogP contribution in [0.1, 0.15) is 18.9 Å². The fraction of sp³-hybridized carbons (Fsp3) is 0.231. The number of phenols is 1. The summed E-state index contributed by atoms with van der Waals surface area (Å²) < 4.78 is 0. The molecule has 0 unspecified atom stereocenters. The highest BCUT2D eigenvalue weighted by atomic mass is 16.3. The Bertz CT molecular complexity index is 491. The van der Waals surface area contributed by atoms with Crippen molar-refractivity contribution in [2.45, 2.75) is 19.8 Å². The largest absolute Gasteiger partial charge is 0.508 e. The minimum Gasteiger partial charge on any atom is -0.508 e. The molecule has 2 heteroatoms. The van der Waals surface area contributed by atoms with E-state index in [2.05, 4.69) is 13.0 Å². The Morgan fingerprint density at radius 3 is 2.73 bits per heavy atom. The standard InChI is InChI=1S/C13H15NO/c1-2-3-9-6-10-4-5-11(15)8-12(10)13(14)7-9/h4-8,15H,2-3,14H2,1H3. The van der Waals surface area contributed by atoms with Gasteiger partial charge in [0.05, 0.1) is 0 Å². The molecule has 0 spiro atoms. The van der Waals surface area contributed by atoms with Crippen LogP contribution in [0.4, 0.5) is 5.69 Å². The van der Waals surface area contributed by atoms with Crippen LogP contribution in [-0.4, -0.2) is 5.11 Å². The van der Waals surface area contributed by atoms with E-state index in [0.29, 0.717) is 0 Å². The monoisotopic (exact) mass is 201 g/mol. The molecule has 0 aliphatic rings. The lowest BCUT2D eigenvalue weighted by atomic mass is 10.0. The quantitative estimate of drug-likeness (QED) is 0.733. The van der Waals surface area contributed by atoms with Crippen molar-refractivity contribution in [3.8, 4) is 5.75 Å². The highest BCUT2D eigenvalue weighted by Crippen LogP contribution is 2.27. The number of benzene rings is 2. The van der Waals surface area contributed by atoms with E-state index in [1.54, 1.807) is 12.1 Å². The third-order valence-electron chi connectivity index (χ3n) is 2.57. The van der Waals surface area contributed by atoms with Crippen molar-refractivity contribution < 1.29 is 5.11 Å².